The quantitative estimate of drug-likeness (QED) is 0.510. The molecule has 3 aliphatic rings. The number of hydrogen-bond donors (Lipinski definition) is 0. The summed E-state index contributed by atoms with van der Waals surface area (Å²) in [5.41, 5.74) is 2.74. The van der Waals surface area contributed by atoms with Crippen molar-refractivity contribution in [2.45, 2.75) is 30.7 Å². The SMILES string of the molecule is COc1cccc(C(c2cnc(CC3(c4ccc5c(c4)OCO5)CC3)s2)N2CCOCC2)c1. The van der Waals surface area contributed by atoms with Gasteiger partial charge in [0.25, 0.3) is 0 Å². The zero-order chi connectivity index (χ0) is 22.3. The minimum Gasteiger partial charge on any atom is -0.497 e. The Kier molecular flexibility index (Phi) is 5.48. The maximum absolute atomic E-state index is 5.63. The molecule has 1 aliphatic carbocycles. The first-order chi connectivity index (χ1) is 16.2. The zero-order valence-electron chi connectivity index (χ0n) is 18.8. The van der Waals surface area contributed by atoms with Crippen molar-refractivity contribution in [1.82, 2.24) is 9.88 Å². The molecular formula is C26H28N2O4S. The Balaban J connectivity index is 1.28. The molecule has 2 aromatic carbocycles. The van der Waals surface area contributed by atoms with Crippen molar-refractivity contribution < 1.29 is 18.9 Å². The van der Waals surface area contributed by atoms with Gasteiger partial charge < -0.3 is 18.9 Å². The molecule has 1 aromatic heterocycles. The summed E-state index contributed by atoms with van der Waals surface area (Å²) in [6, 6.07) is 15.0. The van der Waals surface area contributed by atoms with Crippen LogP contribution in [0.1, 0.15) is 39.9 Å². The summed E-state index contributed by atoms with van der Waals surface area (Å²) in [6.45, 7) is 3.67. The third-order valence-electron chi connectivity index (χ3n) is 6.99. The Morgan fingerprint density at radius 1 is 1.09 bits per heavy atom. The molecule has 172 valence electrons. The average molecular weight is 465 g/mol. The molecule has 6 rings (SSSR count). The monoisotopic (exact) mass is 464 g/mol. The Bertz CT molecular complexity index is 1140. The predicted molar refractivity (Wildman–Crippen MR) is 127 cm³/mol. The number of ether oxygens (including phenoxy) is 4. The Morgan fingerprint density at radius 3 is 2.76 bits per heavy atom. The fourth-order valence-electron chi connectivity index (χ4n) is 4.97. The van der Waals surface area contributed by atoms with Crippen LogP contribution in [0.4, 0.5) is 0 Å². The molecule has 1 unspecified atom stereocenters. The van der Waals surface area contributed by atoms with Gasteiger partial charge in [0.15, 0.2) is 11.5 Å². The highest BCUT2D eigenvalue weighted by Gasteiger charge is 2.45. The van der Waals surface area contributed by atoms with Crippen molar-refractivity contribution in [1.29, 1.82) is 0 Å². The fourth-order valence-corrected chi connectivity index (χ4v) is 6.20. The summed E-state index contributed by atoms with van der Waals surface area (Å²) < 4.78 is 22.3. The third kappa shape index (κ3) is 4.09. The molecule has 0 bridgehead atoms. The Hall–Kier alpha value is -2.61. The lowest BCUT2D eigenvalue weighted by Gasteiger charge is -2.34. The number of morpholine rings is 1. The summed E-state index contributed by atoms with van der Waals surface area (Å²) in [5.74, 6) is 2.59. The van der Waals surface area contributed by atoms with E-state index < -0.39 is 0 Å². The molecule has 1 atom stereocenters. The van der Waals surface area contributed by atoms with E-state index in [9.17, 15) is 0 Å². The van der Waals surface area contributed by atoms with Gasteiger partial charge in [0.05, 0.1) is 31.4 Å². The molecule has 1 saturated carbocycles. The molecule has 6 nitrogen and oxygen atoms in total. The van der Waals surface area contributed by atoms with Gasteiger partial charge in [-0.15, -0.1) is 11.3 Å². The number of benzene rings is 2. The number of nitrogens with zero attached hydrogens (tertiary/aromatic N) is 2. The molecule has 7 heteroatoms. The number of methoxy groups -OCH3 is 1. The average Bonchev–Trinajstić information content (AvgIpc) is 3.26. The van der Waals surface area contributed by atoms with Gasteiger partial charge in [-0.3, -0.25) is 4.90 Å². The summed E-state index contributed by atoms with van der Waals surface area (Å²) in [5, 5.41) is 1.20. The van der Waals surface area contributed by atoms with Crippen LogP contribution in [0.3, 0.4) is 0 Å². The molecule has 0 spiro atoms. The van der Waals surface area contributed by atoms with E-state index in [0.717, 1.165) is 50.0 Å². The van der Waals surface area contributed by atoms with Gasteiger partial charge in [-0.1, -0.05) is 18.2 Å². The van der Waals surface area contributed by atoms with Crippen LogP contribution < -0.4 is 14.2 Å². The summed E-state index contributed by atoms with van der Waals surface area (Å²) >= 11 is 1.84. The minimum absolute atomic E-state index is 0.163. The second-order valence-corrected chi connectivity index (χ2v) is 10.2. The van der Waals surface area contributed by atoms with Gasteiger partial charge in [-0.25, -0.2) is 4.98 Å². The van der Waals surface area contributed by atoms with Gasteiger partial charge in [0.1, 0.15) is 5.75 Å². The second kappa shape index (κ2) is 8.63. The van der Waals surface area contributed by atoms with E-state index in [1.807, 2.05) is 23.5 Å². The van der Waals surface area contributed by atoms with Crippen LogP contribution in [0, 0.1) is 0 Å². The zero-order valence-corrected chi connectivity index (χ0v) is 19.6. The van der Waals surface area contributed by atoms with Crippen LogP contribution in [-0.2, 0) is 16.6 Å². The van der Waals surface area contributed by atoms with E-state index in [-0.39, 0.29) is 11.5 Å². The van der Waals surface area contributed by atoms with Crippen LogP contribution >= 0.6 is 11.3 Å². The number of aromatic nitrogens is 1. The van der Waals surface area contributed by atoms with E-state index in [1.54, 1.807) is 7.11 Å². The predicted octanol–water partition coefficient (Wildman–Crippen LogP) is 4.58. The van der Waals surface area contributed by atoms with Gasteiger partial charge >= 0.3 is 0 Å². The topological polar surface area (TPSA) is 53.0 Å². The van der Waals surface area contributed by atoms with Crippen molar-refractivity contribution >= 4 is 11.3 Å². The molecular weight excluding hydrogens is 436 g/mol. The van der Waals surface area contributed by atoms with Crippen LogP contribution in [0.2, 0.25) is 0 Å². The van der Waals surface area contributed by atoms with E-state index in [4.69, 9.17) is 23.9 Å². The normalized spacial score (nSPS) is 19.9. The molecule has 2 fully saturated rings. The molecule has 0 radical (unpaired) electrons. The highest BCUT2D eigenvalue weighted by atomic mass is 32.1. The van der Waals surface area contributed by atoms with E-state index >= 15 is 0 Å². The highest BCUT2D eigenvalue weighted by molar-refractivity contribution is 7.11. The number of rotatable bonds is 7. The van der Waals surface area contributed by atoms with Gasteiger partial charge in [-0.2, -0.15) is 0 Å². The molecule has 2 aliphatic heterocycles. The van der Waals surface area contributed by atoms with Crippen LogP contribution in [0.5, 0.6) is 17.2 Å². The van der Waals surface area contributed by atoms with Gasteiger partial charge in [-0.05, 0) is 48.2 Å². The maximum atomic E-state index is 5.63. The fraction of sp³-hybridized carbons (Fsp3) is 0.423. The summed E-state index contributed by atoms with van der Waals surface area (Å²) in [4.78, 5) is 8.68. The van der Waals surface area contributed by atoms with Crippen molar-refractivity contribution in [3.05, 3.63) is 69.7 Å². The number of fused-ring (bicyclic) bond motifs is 1. The first kappa shape index (κ1) is 21.0. The third-order valence-corrected chi connectivity index (χ3v) is 8.04. The van der Waals surface area contributed by atoms with E-state index in [0.29, 0.717) is 6.79 Å². The standard InChI is InChI=1S/C26H28N2O4S/c1-29-20-4-2-3-18(13-20)25(28-9-11-30-12-10-28)23-16-27-24(33-23)15-26(7-8-26)19-5-6-21-22(14-19)32-17-31-21/h2-6,13-14,16,25H,7-12,15,17H2,1H3. The summed E-state index contributed by atoms with van der Waals surface area (Å²) in [7, 11) is 1.72. The molecule has 0 amide bonds. The lowest BCUT2D eigenvalue weighted by atomic mass is 9.92. The molecule has 0 N–H and O–H groups in total. The van der Waals surface area contributed by atoms with Crippen molar-refractivity contribution in [2.24, 2.45) is 0 Å². The summed E-state index contributed by atoms with van der Waals surface area (Å²) in [6.07, 6.45) is 5.41. The number of thiazole rings is 1. The second-order valence-electron chi connectivity index (χ2n) is 9.01. The van der Waals surface area contributed by atoms with E-state index in [1.165, 1.54) is 33.9 Å². The Labute approximate surface area is 198 Å². The van der Waals surface area contributed by atoms with Crippen molar-refractivity contribution in [2.75, 3.05) is 40.2 Å². The molecule has 3 aromatic rings. The van der Waals surface area contributed by atoms with Crippen LogP contribution in [0.25, 0.3) is 0 Å². The lowest BCUT2D eigenvalue weighted by Crippen LogP contribution is -2.39. The first-order valence-electron chi connectivity index (χ1n) is 11.5. The number of hydrogen-bond acceptors (Lipinski definition) is 7. The largest absolute Gasteiger partial charge is 0.497 e. The maximum Gasteiger partial charge on any atom is 0.231 e. The van der Waals surface area contributed by atoms with Gasteiger partial charge in [0.2, 0.25) is 6.79 Å². The highest BCUT2D eigenvalue weighted by Crippen LogP contribution is 2.53. The van der Waals surface area contributed by atoms with E-state index in [2.05, 4.69) is 41.4 Å². The van der Waals surface area contributed by atoms with Crippen LogP contribution in [0.15, 0.2) is 48.7 Å². The molecule has 3 heterocycles. The Morgan fingerprint density at radius 2 is 1.94 bits per heavy atom. The minimum atomic E-state index is 0.163. The van der Waals surface area contributed by atoms with Crippen LogP contribution in [-0.4, -0.2) is 50.1 Å². The van der Waals surface area contributed by atoms with Crippen molar-refractivity contribution in [3.63, 3.8) is 0 Å². The first-order valence-corrected chi connectivity index (χ1v) is 12.4. The smallest absolute Gasteiger partial charge is 0.231 e. The molecule has 33 heavy (non-hydrogen) atoms. The van der Waals surface area contributed by atoms with Crippen molar-refractivity contribution in [3.8, 4) is 17.2 Å². The molecule has 1 saturated heterocycles. The lowest BCUT2D eigenvalue weighted by molar-refractivity contribution is 0.0245. The van der Waals surface area contributed by atoms with Gasteiger partial charge in [0, 0.05) is 36.0 Å².